The maximum Gasteiger partial charge on any atom is 0.227 e. The standard InChI is InChI=1S/C22H18FN3O2S2/c23-17-9-15-12-27-21(14-5-2-1-3-6-14)28-20(15)16(10-17)13-30-22-24-19(25-26-22)11-18-7-4-8-29-18/h1-10,21H,11-13H2,(H,24,25,26). The lowest BCUT2D eigenvalue weighted by molar-refractivity contribution is -0.112. The molecule has 1 aliphatic heterocycles. The van der Waals surface area contributed by atoms with Crippen LogP contribution in [-0.4, -0.2) is 15.2 Å². The Labute approximate surface area is 181 Å². The third-order valence-electron chi connectivity index (χ3n) is 4.68. The van der Waals surface area contributed by atoms with Crippen molar-refractivity contribution in [3.8, 4) is 5.75 Å². The fourth-order valence-electron chi connectivity index (χ4n) is 3.30. The highest BCUT2D eigenvalue weighted by molar-refractivity contribution is 7.98. The number of benzene rings is 2. The molecule has 0 amide bonds. The Kier molecular flexibility index (Phi) is 5.52. The lowest BCUT2D eigenvalue weighted by Gasteiger charge is -2.28. The van der Waals surface area contributed by atoms with E-state index >= 15 is 0 Å². The van der Waals surface area contributed by atoms with Gasteiger partial charge in [-0.2, -0.15) is 0 Å². The summed E-state index contributed by atoms with van der Waals surface area (Å²) in [5.41, 5.74) is 2.41. The van der Waals surface area contributed by atoms with Crippen LogP contribution in [0.4, 0.5) is 4.39 Å². The van der Waals surface area contributed by atoms with Gasteiger partial charge in [0.1, 0.15) is 17.4 Å². The van der Waals surface area contributed by atoms with Crippen LogP contribution in [0.15, 0.2) is 65.1 Å². The van der Waals surface area contributed by atoms with Gasteiger partial charge in [-0.3, -0.25) is 5.10 Å². The minimum absolute atomic E-state index is 0.302. The van der Waals surface area contributed by atoms with E-state index in [0.29, 0.717) is 28.8 Å². The number of ether oxygens (including phenoxy) is 2. The molecule has 3 heterocycles. The average Bonchev–Trinajstić information content (AvgIpc) is 3.45. The summed E-state index contributed by atoms with van der Waals surface area (Å²) in [7, 11) is 0. The zero-order valence-electron chi connectivity index (χ0n) is 15.9. The normalized spacial score (nSPS) is 15.6. The Morgan fingerprint density at radius 3 is 2.90 bits per heavy atom. The molecular weight excluding hydrogens is 421 g/mol. The second kappa shape index (κ2) is 8.59. The van der Waals surface area contributed by atoms with Crippen LogP contribution >= 0.6 is 23.1 Å². The first kappa shape index (κ1) is 19.3. The third kappa shape index (κ3) is 4.26. The summed E-state index contributed by atoms with van der Waals surface area (Å²) in [6.45, 7) is 0.302. The molecule has 2 aromatic carbocycles. The number of fused-ring (bicyclic) bond motifs is 1. The number of hydrogen-bond acceptors (Lipinski definition) is 6. The van der Waals surface area contributed by atoms with Crippen LogP contribution in [0.1, 0.15) is 33.7 Å². The van der Waals surface area contributed by atoms with Crippen LogP contribution in [-0.2, 0) is 23.5 Å². The second-order valence-electron chi connectivity index (χ2n) is 6.83. The van der Waals surface area contributed by atoms with Gasteiger partial charge in [0.15, 0.2) is 0 Å². The molecule has 1 atom stereocenters. The number of thiophene rings is 1. The first-order valence-electron chi connectivity index (χ1n) is 9.45. The minimum atomic E-state index is -0.506. The zero-order chi connectivity index (χ0) is 20.3. The summed E-state index contributed by atoms with van der Waals surface area (Å²) in [4.78, 5) is 5.77. The van der Waals surface area contributed by atoms with E-state index in [9.17, 15) is 4.39 Å². The summed E-state index contributed by atoms with van der Waals surface area (Å²) in [5.74, 6) is 1.69. The van der Waals surface area contributed by atoms with Crippen LogP contribution in [0.3, 0.4) is 0 Å². The predicted molar refractivity (Wildman–Crippen MR) is 114 cm³/mol. The predicted octanol–water partition coefficient (Wildman–Crippen LogP) is 5.50. The van der Waals surface area contributed by atoms with E-state index in [4.69, 9.17) is 9.47 Å². The van der Waals surface area contributed by atoms with Gasteiger partial charge in [-0.25, -0.2) is 9.37 Å². The van der Waals surface area contributed by atoms with Crippen molar-refractivity contribution >= 4 is 23.1 Å². The molecule has 0 bridgehead atoms. The van der Waals surface area contributed by atoms with Crippen molar-refractivity contribution in [3.63, 3.8) is 0 Å². The van der Waals surface area contributed by atoms with Gasteiger partial charge in [0, 0.05) is 33.7 Å². The third-order valence-corrected chi connectivity index (χ3v) is 6.46. The molecule has 5 rings (SSSR count). The summed E-state index contributed by atoms with van der Waals surface area (Å²) >= 11 is 3.14. The molecule has 1 N–H and O–H groups in total. The van der Waals surface area contributed by atoms with E-state index in [-0.39, 0.29) is 5.82 Å². The van der Waals surface area contributed by atoms with Crippen molar-refractivity contribution in [2.24, 2.45) is 0 Å². The fourth-order valence-corrected chi connectivity index (χ4v) is 4.79. The van der Waals surface area contributed by atoms with Crippen molar-refractivity contribution in [2.75, 3.05) is 0 Å². The minimum Gasteiger partial charge on any atom is -0.460 e. The first-order chi connectivity index (χ1) is 14.7. The van der Waals surface area contributed by atoms with Crippen molar-refractivity contribution in [1.29, 1.82) is 0 Å². The topological polar surface area (TPSA) is 60.0 Å². The van der Waals surface area contributed by atoms with Gasteiger partial charge in [-0.15, -0.1) is 16.4 Å². The molecule has 0 fully saturated rings. The zero-order valence-corrected chi connectivity index (χ0v) is 17.5. The molecule has 0 saturated carbocycles. The number of hydrogen-bond donors (Lipinski definition) is 1. The number of halogens is 1. The number of rotatable bonds is 6. The highest BCUT2D eigenvalue weighted by Gasteiger charge is 2.25. The largest absolute Gasteiger partial charge is 0.460 e. The van der Waals surface area contributed by atoms with E-state index in [2.05, 4.69) is 21.2 Å². The van der Waals surface area contributed by atoms with E-state index in [1.54, 1.807) is 11.3 Å². The molecule has 0 aliphatic carbocycles. The van der Waals surface area contributed by atoms with Crippen molar-refractivity contribution in [1.82, 2.24) is 15.2 Å². The maximum absolute atomic E-state index is 14.2. The molecule has 1 aliphatic rings. The summed E-state index contributed by atoms with van der Waals surface area (Å²) in [6.07, 6.45) is 0.216. The van der Waals surface area contributed by atoms with Gasteiger partial charge in [0.2, 0.25) is 11.4 Å². The smallest absolute Gasteiger partial charge is 0.227 e. The van der Waals surface area contributed by atoms with E-state index in [1.165, 1.54) is 28.8 Å². The van der Waals surface area contributed by atoms with Crippen LogP contribution in [0.2, 0.25) is 0 Å². The van der Waals surface area contributed by atoms with Gasteiger partial charge in [0.05, 0.1) is 6.61 Å². The van der Waals surface area contributed by atoms with Gasteiger partial charge < -0.3 is 9.47 Å². The van der Waals surface area contributed by atoms with Crippen LogP contribution < -0.4 is 4.74 Å². The molecule has 0 saturated heterocycles. The molecule has 0 radical (unpaired) electrons. The molecule has 2 aromatic heterocycles. The molecule has 8 heteroatoms. The van der Waals surface area contributed by atoms with Gasteiger partial charge in [-0.05, 0) is 23.6 Å². The Morgan fingerprint density at radius 1 is 1.17 bits per heavy atom. The number of aromatic amines is 1. The quantitative estimate of drug-likeness (QED) is 0.402. The fraction of sp³-hybridized carbons (Fsp3) is 0.182. The van der Waals surface area contributed by atoms with Gasteiger partial charge >= 0.3 is 0 Å². The Bertz CT molecular complexity index is 1130. The van der Waals surface area contributed by atoms with Crippen LogP contribution in [0.25, 0.3) is 0 Å². The second-order valence-corrected chi connectivity index (χ2v) is 8.81. The number of aromatic nitrogens is 3. The highest BCUT2D eigenvalue weighted by Crippen LogP contribution is 2.38. The van der Waals surface area contributed by atoms with E-state index in [1.807, 2.05) is 41.8 Å². The van der Waals surface area contributed by atoms with Gasteiger partial charge in [0.25, 0.3) is 0 Å². The SMILES string of the molecule is Fc1cc2c(c(CSc3n[nH]c(Cc4cccs4)n3)c1)OC(c1ccccc1)OC2. The lowest BCUT2D eigenvalue weighted by atomic mass is 10.1. The molecule has 4 aromatic rings. The molecule has 152 valence electrons. The van der Waals surface area contributed by atoms with E-state index < -0.39 is 6.29 Å². The molecular formula is C22H18FN3O2S2. The monoisotopic (exact) mass is 439 g/mol. The van der Waals surface area contributed by atoms with Crippen molar-refractivity contribution in [2.45, 2.75) is 30.2 Å². The highest BCUT2D eigenvalue weighted by atomic mass is 32.2. The Balaban J connectivity index is 1.32. The summed E-state index contributed by atoms with van der Waals surface area (Å²) in [5, 5.41) is 9.94. The molecule has 5 nitrogen and oxygen atoms in total. The summed E-state index contributed by atoms with van der Waals surface area (Å²) in [6, 6.07) is 16.8. The van der Waals surface area contributed by atoms with E-state index in [0.717, 1.165) is 23.4 Å². The molecule has 1 unspecified atom stereocenters. The molecule has 30 heavy (non-hydrogen) atoms. The van der Waals surface area contributed by atoms with Crippen LogP contribution in [0, 0.1) is 5.82 Å². The first-order valence-corrected chi connectivity index (χ1v) is 11.3. The summed E-state index contributed by atoms with van der Waals surface area (Å²) < 4.78 is 26.1. The van der Waals surface area contributed by atoms with Crippen molar-refractivity contribution < 1.29 is 13.9 Å². The number of nitrogens with one attached hydrogen (secondary N) is 1. The van der Waals surface area contributed by atoms with Crippen molar-refractivity contribution in [3.05, 3.63) is 93.2 Å². The Hall–Kier alpha value is -2.68. The Morgan fingerprint density at radius 2 is 2.07 bits per heavy atom. The number of nitrogens with zero attached hydrogens (tertiary/aromatic N) is 2. The number of thioether (sulfide) groups is 1. The molecule has 0 spiro atoms. The average molecular weight is 440 g/mol. The van der Waals surface area contributed by atoms with Gasteiger partial charge in [-0.1, -0.05) is 48.2 Å². The maximum atomic E-state index is 14.2. The number of H-pyrrole nitrogens is 1. The lowest BCUT2D eigenvalue weighted by Crippen LogP contribution is -2.19. The van der Waals surface area contributed by atoms with Crippen LogP contribution in [0.5, 0.6) is 5.75 Å².